The molecule has 14 N–H and O–H groups in total. The minimum absolute atomic E-state index is 0.0294. The van der Waals surface area contributed by atoms with E-state index in [1.807, 2.05) is 0 Å². The SMILES string of the molecule is NC(N)=NCCCC(NC(=O)C(N)CS)C(=O)NC(CCCN=C(N)N)C(=O)NC(Cc1ccccc1)C(=O)O. The van der Waals surface area contributed by atoms with E-state index in [0.717, 1.165) is 0 Å². The van der Waals surface area contributed by atoms with E-state index in [-0.39, 0.29) is 50.0 Å². The summed E-state index contributed by atoms with van der Waals surface area (Å²) in [4.78, 5) is 58.5. The molecule has 15 nitrogen and oxygen atoms in total. The zero-order valence-electron chi connectivity index (χ0n) is 22.2. The Bertz CT molecular complexity index is 1030. The third-order valence-electron chi connectivity index (χ3n) is 5.59. The topological polar surface area (TPSA) is 279 Å². The number of nitrogens with zero attached hydrogens (tertiary/aromatic N) is 2. The lowest BCUT2D eigenvalue weighted by Gasteiger charge is -2.25. The predicted molar refractivity (Wildman–Crippen MR) is 155 cm³/mol. The van der Waals surface area contributed by atoms with Crippen LogP contribution in [0.2, 0.25) is 0 Å². The van der Waals surface area contributed by atoms with Crippen LogP contribution >= 0.6 is 12.6 Å². The number of carbonyl (C=O) groups excluding carboxylic acids is 3. The van der Waals surface area contributed by atoms with Crippen molar-refractivity contribution in [3.63, 3.8) is 0 Å². The molecule has 1 aromatic rings. The number of amides is 3. The van der Waals surface area contributed by atoms with Crippen molar-refractivity contribution in [1.82, 2.24) is 16.0 Å². The Hall–Kier alpha value is -4.05. The molecule has 222 valence electrons. The second-order valence-corrected chi connectivity index (χ2v) is 9.26. The number of hydrogen-bond acceptors (Lipinski definition) is 8. The number of carbonyl (C=O) groups is 4. The maximum Gasteiger partial charge on any atom is 0.326 e. The lowest BCUT2D eigenvalue weighted by molar-refractivity contribution is -0.142. The van der Waals surface area contributed by atoms with Crippen molar-refractivity contribution in [1.29, 1.82) is 0 Å². The van der Waals surface area contributed by atoms with Gasteiger partial charge in [0.1, 0.15) is 18.1 Å². The second kappa shape index (κ2) is 18.3. The van der Waals surface area contributed by atoms with Gasteiger partial charge in [0.05, 0.1) is 6.04 Å². The van der Waals surface area contributed by atoms with Gasteiger partial charge in [-0.2, -0.15) is 12.6 Å². The minimum atomic E-state index is -1.25. The van der Waals surface area contributed by atoms with E-state index in [9.17, 15) is 24.3 Å². The number of thiol groups is 1. The molecule has 0 aliphatic rings. The Kier molecular flexibility index (Phi) is 15.5. The monoisotopic (exact) mass is 580 g/mol. The van der Waals surface area contributed by atoms with Gasteiger partial charge in [0, 0.05) is 25.3 Å². The number of guanidine groups is 2. The molecule has 0 spiro atoms. The summed E-state index contributed by atoms with van der Waals surface area (Å²) in [6.07, 6.45) is 0.852. The highest BCUT2D eigenvalue weighted by Gasteiger charge is 2.30. The van der Waals surface area contributed by atoms with Crippen molar-refractivity contribution in [2.45, 2.75) is 56.3 Å². The highest BCUT2D eigenvalue weighted by atomic mass is 32.1. The number of benzene rings is 1. The van der Waals surface area contributed by atoms with Crippen LogP contribution in [0.5, 0.6) is 0 Å². The standard InChI is InChI=1S/C24H40N10O5S/c25-15(13-40)19(35)32-16(8-4-10-30-23(26)27)20(36)33-17(9-5-11-31-24(28)29)21(37)34-18(22(38)39)12-14-6-2-1-3-7-14/h1-3,6-7,15-18,40H,4-5,8-13,25H2,(H,32,35)(H,33,36)(H,34,37)(H,38,39)(H4,26,27,30)(H4,28,29,31). The van der Waals surface area contributed by atoms with Crippen molar-refractivity contribution in [3.05, 3.63) is 35.9 Å². The maximum atomic E-state index is 13.2. The molecular weight excluding hydrogens is 540 g/mol. The van der Waals surface area contributed by atoms with Crippen molar-refractivity contribution in [2.24, 2.45) is 38.7 Å². The van der Waals surface area contributed by atoms with Crippen LogP contribution in [0.15, 0.2) is 40.3 Å². The van der Waals surface area contributed by atoms with Gasteiger partial charge in [0.15, 0.2) is 11.9 Å². The molecule has 1 aromatic carbocycles. The first-order valence-electron chi connectivity index (χ1n) is 12.6. The Labute approximate surface area is 238 Å². The molecular formula is C24H40N10O5S. The first-order chi connectivity index (χ1) is 18.9. The van der Waals surface area contributed by atoms with Crippen LogP contribution in [0.1, 0.15) is 31.2 Å². The quantitative estimate of drug-likeness (QED) is 0.0366. The van der Waals surface area contributed by atoms with E-state index in [0.29, 0.717) is 18.4 Å². The molecule has 0 fully saturated rings. The molecule has 16 heteroatoms. The number of aliphatic imine (C=N–C) groups is 2. The number of carboxylic acids is 1. The van der Waals surface area contributed by atoms with Gasteiger partial charge >= 0.3 is 5.97 Å². The van der Waals surface area contributed by atoms with Crippen LogP contribution in [-0.4, -0.2) is 83.7 Å². The van der Waals surface area contributed by atoms with Gasteiger partial charge < -0.3 is 49.7 Å². The minimum Gasteiger partial charge on any atom is -0.480 e. The predicted octanol–water partition coefficient (Wildman–Crippen LogP) is -2.87. The number of nitrogens with one attached hydrogen (secondary N) is 3. The molecule has 0 saturated carbocycles. The molecule has 0 radical (unpaired) electrons. The van der Waals surface area contributed by atoms with Gasteiger partial charge in [-0.25, -0.2) is 4.79 Å². The van der Waals surface area contributed by atoms with Crippen LogP contribution in [-0.2, 0) is 25.6 Å². The van der Waals surface area contributed by atoms with Crippen molar-refractivity contribution < 1.29 is 24.3 Å². The molecule has 0 bridgehead atoms. The Morgan fingerprint density at radius 3 is 1.65 bits per heavy atom. The summed E-state index contributed by atoms with van der Waals surface area (Å²) in [5, 5.41) is 17.4. The fourth-order valence-corrected chi connectivity index (χ4v) is 3.67. The third-order valence-corrected chi connectivity index (χ3v) is 5.98. The van der Waals surface area contributed by atoms with E-state index >= 15 is 0 Å². The summed E-state index contributed by atoms with van der Waals surface area (Å²) in [6.45, 7) is 0.368. The third kappa shape index (κ3) is 13.7. The first kappa shape index (κ1) is 34.0. The summed E-state index contributed by atoms with van der Waals surface area (Å²) in [6, 6.07) is 4.31. The van der Waals surface area contributed by atoms with Crippen LogP contribution in [0.25, 0.3) is 0 Å². The highest BCUT2D eigenvalue weighted by Crippen LogP contribution is 2.07. The lowest BCUT2D eigenvalue weighted by Crippen LogP contribution is -2.57. The van der Waals surface area contributed by atoms with Gasteiger partial charge in [-0.3, -0.25) is 24.4 Å². The van der Waals surface area contributed by atoms with Crippen LogP contribution in [0.3, 0.4) is 0 Å². The van der Waals surface area contributed by atoms with E-state index in [4.69, 9.17) is 28.7 Å². The van der Waals surface area contributed by atoms with Crippen molar-refractivity contribution in [3.8, 4) is 0 Å². The van der Waals surface area contributed by atoms with E-state index in [2.05, 4.69) is 38.6 Å². The van der Waals surface area contributed by atoms with Crippen LogP contribution in [0, 0.1) is 0 Å². The highest BCUT2D eigenvalue weighted by molar-refractivity contribution is 7.80. The van der Waals surface area contributed by atoms with Crippen molar-refractivity contribution >= 4 is 48.2 Å². The van der Waals surface area contributed by atoms with Gasteiger partial charge in [-0.05, 0) is 31.2 Å². The van der Waals surface area contributed by atoms with Gasteiger partial charge in [-0.15, -0.1) is 0 Å². The average Bonchev–Trinajstić information content (AvgIpc) is 2.91. The number of carboxylic acid groups (broad SMARTS) is 1. The van der Waals surface area contributed by atoms with Gasteiger partial charge in [0.25, 0.3) is 0 Å². The molecule has 0 aliphatic carbocycles. The Balaban J connectivity index is 3.09. The molecule has 1 rings (SSSR count). The summed E-state index contributed by atoms with van der Waals surface area (Å²) in [7, 11) is 0. The number of aliphatic carboxylic acids is 1. The number of nitrogens with two attached hydrogens (primary N) is 5. The smallest absolute Gasteiger partial charge is 0.326 e. The van der Waals surface area contributed by atoms with Crippen LogP contribution < -0.4 is 44.6 Å². The summed E-state index contributed by atoms with van der Waals surface area (Å²) in [5.74, 6) is -3.47. The average molecular weight is 581 g/mol. The molecule has 4 unspecified atom stereocenters. The van der Waals surface area contributed by atoms with Gasteiger partial charge in [0.2, 0.25) is 17.7 Å². The zero-order valence-corrected chi connectivity index (χ0v) is 23.1. The second-order valence-electron chi connectivity index (χ2n) is 8.90. The summed E-state index contributed by atoms with van der Waals surface area (Å²) in [5.41, 5.74) is 27.8. The normalized spacial score (nSPS) is 13.6. The largest absolute Gasteiger partial charge is 0.480 e. The first-order valence-corrected chi connectivity index (χ1v) is 13.2. The Morgan fingerprint density at radius 1 is 0.775 bits per heavy atom. The fraction of sp³-hybridized carbons (Fsp3) is 0.500. The zero-order chi connectivity index (χ0) is 30.1. The number of hydrogen-bond donors (Lipinski definition) is 10. The van der Waals surface area contributed by atoms with Gasteiger partial charge in [-0.1, -0.05) is 30.3 Å². The summed E-state index contributed by atoms with van der Waals surface area (Å²) >= 11 is 4.00. The maximum absolute atomic E-state index is 13.2. The number of rotatable bonds is 18. The van der Waals surface area contributed by atoms with E-state index < -0.39 is 47.9 Å². The summed E-state index contributed by atoms with van der Waals surface area (Å²) < 4.78 is 0. The lowest BCUT2D eigenvalue weighted by atomic mass is 10.0. The van der Waals surface area contributed by atoms with E-state index in [1.165, 1.54) is 0 Å². The molecule has 0 saturated heterocycles. The van der Waals surface area contributed by atoms with Crippen LogP contribution in [0.4, 0.5) is 0 Å². The molecule has 40 heavy (non-hydrogen) atoms. The fourth-order valence-electron chi connectivity index (χ4n) is 3.50. The molecule has 3 amide bonds. The molecule has 0 heterocycles. The van der Waals surface area contributed by atoms with E-state index in [1.54, 1.807) is 30.3 Å². The van der Waals surface area contributed by atoms with Crippen molar-refractivity contribution in [2.75, 3.05) is 18.8 Å². The molecule has 0 aliphatic heterocycles. The molecule has 4 atom stereocenters. The molecule has 0 aromatic heterocycles. The Morgan fingerprint density at radius 2 is 1.23 bits per heavy atom.